The molecule has 0 saturated heterocycles. The van der Waals surface area contributed by atoms with Gasteiger partial charge in [0.2, 0.25) is 0 Å². The molecule has 0 radical (unpaired) electrons. The van der Waals surface area contributed by atoms with Crippen LogP contribution in [0.1, 0.15) is 32.5 Å². The van der Waals surface area contributed by atoms with Gasteiger partial charge in [0.15, 0.2) is 0 Å². The normalized spacial score (nSPS) is 11.4. The van der Waals surface area contributed by atoms with E-state index in [9.17, 15) is 0 Å². The molecule has 1 aromatic heterocycles. The largest absolute Gasteiger partial charge is 0.335 e. The molecule has 88 valence electrons. The van der Waals surface area contributed by atoms with E-state index in [2.05, 4.69) is 15.6 Å². The summed E-state index contributed by atoms with van der Waals surface area (Å²) in [6.07, 6.45) is 6.50. The lowest BCUT2D eigenvalue weighted by atomic mass is 9.90. The van der Waals surface area contributed by atoms with Gasteiger partial charge in [0, 0.05) is 25.4 Å². The van der Waals surface area contributed by atoms with Gasteiger partial charge >= 0.3 is 0 Å². The SMILES string of the molecule is CC(C)(C#N)CCCn1ccnc1CCN. The van der Waals surface area contributed by atoms with E-state index in [1.165, 1.54) is 0 Å². The average Bonchev–Trinajstić information content (AvgIpc) is 2.66. The Balaban J connectivity index is 2.43. The summed E-state index contributed by atoms with van der Waals surface area (Å²) in [5.74, 6) is 1.04. The molecule has 0 amide bonds. The van der Waals surface area contributed by atoms with Crippen LogP contribution in [0.5, 0.6) is 0 Å². The highest BCUT2D eigenvalue weighted by atomic mass is 15.1. The van der Waals surface area contributed by atoms with Crippen molar-refractivity contribution < 1.29 is 0 Å². The zero-order chi connectivity index (χ0) is 12.0. The van der Waals surface area contributed by atoms with Crippen LogP contribution in [0.2, 0.25) is 0 Å². The van der Waals surface area contributed by atoms with Crippen LogP contribution in [-0.4, -0.2) is 16.1 Å². The second-order valence-electron chi connectivity index (χ2n) is 4.67. The minimum atomic E-state index is -0.228. The van der Waals surface area contributed by atoms with E-state index in [1.807, 2.05) is 20.0 Å². The van der Waals surface area contributed by atoms with Gasteiger partial charge in [-0.05, 0) is 33.2 Å². The van der Waals surface area contributed by atoms with Crippen LogP contribution >= 0.6 is 0 Å². The number of rotatable bonds is 6. The molecule has 4 heteroatoms. The Labute approximate surface area is 97.1 Å². The molecule has 16 heavy (non-hydrogen) atoms. The summed E-state index contributed by atoms with van der Waals surface area (Å²) >= 11 is 0. The summed E-state index contributed by atoms with van der Waals surface area (Å²) < 4.78 is 2.13. The summed E-state index contributed by atoms with van der Waals surface area (Å²) in [4.78, 5) is 4.26. The Bertz CT molecular complexity index is 359. The van der Waals surface area contributed by atoms with Crippen molar-refractivity contribution in [1.82, 2.24) is 9.55 Å². The van der Waals surface area contributed by atoms with Crippen LogP contribution < -0.4 is 5.73 Å². The number of nitrogens with two attached hydrogens (primary N) is 1. The van der Waals surface area contributed by atoms with Gasteiger partial charge in [-0.1, -0.05) is 0 Å². The van der Waals surface area contributed by atoms with Crippen molar-refractivity contribution in [1.29, 1.82) is 5.26 Å². The van der Waals surface area contributed by atoms with E-state index in [-0.39, 0.29) is 5.41 Å². The quantitative estimate of drug-likeness (QED) is 0.793. The Morgan fingerprint density at radius 3 is 2.94 bits per heavy atom. The van der Waals surface area contributed by atoms with Gasteiger partial charge < -0.3 is 10.3 Å². The van der Waals surface area contributed by atoms with Crippen LogP contribution in [0, 0.1) is 16.7 Å². The van der Waals surface area contributed by atoms with Gasteiger partial charge in [0.1, 0.15) is 5.82 Å². The molecule has 4 nitrogen and oxygen atoms in total. The number of nitriles is 1. The topological polar surface area (TPSA) is 67.6 Å². The summed E-state index contributed by atoms with van der Waals surface area (Å²) in [5.41, 5.74) is 5.28. The molecule has 2 N–H and O–H groups in total. The molecule has 0 aromatic carbocycles. The molecule has 0 fully saturated rings. The van der Waals surface area contributed by atoms with Crippen molar-refractivity contribution >= 4 is 0 Å². The Hall–Kier alpha value is -1.34. The molecule has 0 bridgehead atoms. The molecule has 0 unspecified atom stereocenters. The Kier molecular flexibility index (Phi) is 4.51. The fourth-order valence-corrected chi connectivity index (χ4v) is 1.65. The van der Waals surface area contributed by atoms with Crippen LogP contribution in [-0.2, 0) is 13.0 Å². The van der Waals surface area contributed by atoms with Gasteiger partial charge in [0.05, 0.1) is 11.5 Å². The fraction of sp³-hybridized carbons (Fsp3) is 0.667. The van der Waals surface area contributed by atoms with Crippen molar-refractivity contribution in [3.8, 4) is 6.07 Å². The standard InChI is InChI=1S/C12H20N4/c1-12(2,10-14)5-3-8-16-9-7-15-11(16)4-6-13/h7,9H,3-6,8,13H2,1-2H3. The second-order valence-corrected chi connectivity index (χ2v) is 4.67. The summed E-state index contributed by atoms with van der Waals surface area (Å²) in [7, 11) is 0. The lowest BCUT2D eigenvalue weighted by Crippen LogP contribution is -2.12. The van der Waals surface area contributed by atoms with Crippen LogP contribution in [0.3, 0.4) is 0 Å². The van der Waals surface area contributed by atoms with Gasteiger partial charge in [-0.3, -0.25) is 0 Å². The Morgan fingerprint density at radius 2 is 2.31 bits per heavy atom. The van der Waals surface area contributed by atoms with Crippen molar-refractivity contribution in [2.24, 2.45) is 11.1 Å². The molecule has 1 heterocycles. The Morgan fingerprint density at radius 1 is 1.56 bits per heavy atom. The maximum absolute atomic E-state index is 8.90. The minimum absolute atomic E-state index is 0.228. The van der Waals surface area contributed by atoms with Gasteiger partial charge in [0.25, 0.3) is 0 Å². The number of imidazole rings is 1. The second kappa shape index (κ2) is 5.66. The number of hydrogen-bond acceptors (Lipinski definition) is 3. The van der Waals surface area contributed by atoms with Crippen molar-refractivity contribution in [3.05, 3.63) is 18.2 Å². The average molecular weight is 220 g/mol. The van der Waals surface area contributed by atoms with E-state index in [0.29, 0.717) is 6.54 Å². The van der Waals surface area contributed by atoms with Crippen LogP contribution in [0.15, 0.2) is 12.4 Å². The van der Waals surface area contributed by atoms with E-state index < -0.39 is 0 Å². The molecule has 0 saturated carbocycles. The van der Waals surface area contributed by atoms with Crippen molar-refractivity contribution in [2.75, 3.05) is 6.54 Å². The molecular weight excluding hydrogens is 200 g/mol. The highest BCUT2D eigenvalue weighted by Gasteiger charge is 2.15. The number of aryl methyl sites for hydroxylation is 1. The third kappa shape index (κ3) is 3.67. The molecular formula is C12H20N4. The van der Waals surface area contributed by atoms with Gasteiger partial charge in [-0.25, -0.2) is 4.98 Å². The van der Waals surface area contributed by atoms with E-state index in [4.69, 9.17) is 11.0 Å². The summed E-state index contributed by atoms with van der Waals surface area (Å²) in [6, 6.07) is 2.32. The number of nitrogens with zero attached hydrogens (tertiary/aromatic N) is 3. The lowest BCUT2D eigenvalue weighted by molar-refractivity contribution is 0.413. The first-order valence-electron chi connectivity index (χ1n) is 5.70. The molecule has 1 aromatic rings. The minimum Gasteiger partial charge on any atom is -0.335 e. The van der Waals surface area contributed by atoms with E-state index in [0.717, 1.165) is 31.6 Å². The predicted molar refractivity (Wildman–Crippen MR) is 63.6 cm³/mol. The van der Waals surface area contributed by atoms with Crippen molar-refractivity contribution in [2.45, 2.75) is 39.7 Å². The monoisotopic (exact) mass is 220 g/mol. The predicted octanol–water partition coefficient (Wildman–Crippen LogP) is 1.71. The molecule has 0 aliphatic rings. The third-order valence-corrected chi connectivity index (χ3v) is 2.67. The zero-order valence-electron chi connectivity index (χ0n) is 10.1. The molecule has 1 rings (SSSR count). The van der Waals surface area contributed by atoms with Crippen LogP contribution in [0.25, 0.3) is 0 Å². The highest BCUT2D eigenvalue weighted by Crippen LogP contribution is 2.21. The maximum Gasteiger partial charge on any atom is 0.109 e. The first-order valence-corrected chi connectivity index (χ1v) is 5.70. The molecule has 0 aliphatic heterocycles. The van der Waals surface area contributed by atoms with Crippen LogP contribution in [0.4, 0.5) is 0 Å². The molecule has 0 atom stereocenters. The first-order chi connectivity index (χ1) is 7.59. The van der Waals surface area contributed by atoms with Crippen molar-refractivity contribution in [3.63, 3.8) is 0 Å². The number of aromatic nitrogens is 2. The summed E-state index contributed by atoms with van der Waals surface area (Å²) in [5, 5.41) is 8.90. The lowest BCUT2D eigenvalue weighted by Gasteiger charge is -2.15. The fourth-order valence-electron chi connectivity index (χ4n) is 1.65. The van der Waals surface area contributed by atoms with E-state index >= 15 is 0 Å². The zero-order valence-corrected chi connectivity index (χ0v) is 10.1. The van der Waals surface area contributed by atoms with E-state index in [1.54, 1.807) is 6.20 Å². The third-order valence-electron chi connectivity index (χ3n) is 2.67. The van der Waals surface area contributed by atoms with Gasteiger partial charge in [-0.2, -0.15) is 5.26 Å². The van der Waals surface area contributed by atoms with Gasteiger partial charge in [-0.15, -0.1) is 0 Å². The highest BCUT2D eigenvalue weighted by molar-refractivity contribution is 4.94. The first kappa shape index (κ1) is 12.7. The molecule has 0 spiro atoms. The number of hydrogen-bond donors (Lipinski definition) is 1. The smallest absolute Gasteiger partial charge is 0.109 e. The maximum atomic E-state index is 8.90. The summed E-state index contributed by atoms with van der Waals surface area (Å²) in [6.45, 7) is 5.49. The molecule has 0 aliphatic carbocycles.